The van der Waals surface area contributed by atoms with Crippen LogP contribution in [0.25, 0.3) is 22.2 Å². The minimum absolute atomic E-state index is 0.0817. The number of aromatic nitrogens is 3. The van der Waals surface area contributed by atoms with Crippen molar-refractivity contribution in [2.45, 2.75) is 0 Å². The summed E-state index contributed by atoms with van der Waals surface area (Å²) in [5.41, 5.74) is 2.78. The molecule has 78 valence electrons. The van der Waals surface area contributed by atoms with Gasteiger partial charge in [-0.3, -0.25) is 4.79 Å². The number of fused-ring (bicyclic) bond motifs is 1. The molecule has 0 atom stereocenters. The number of aromatic amines is 2. The van der Waals surface area contributed by atoms with E-state index in [4.69, 9.17) is 0 Å². The van der Waals surface area contributed by atoms with Crippen LogP contribution in [0.15, 0.2) is 47.7 Å². The highest BCUT2D eigenvalue weighted by atomic mass is 16.1. The molecule has 4 heteroatoms. The van der Waals surface area contributed by atoms with Gasteiger partial charge in [0, 0.05) is 17.1 Å². The third-order valence-electron chi connectivity index (χ3n) is 2.53. The first-order chi connectivity index (χ1) is 7.83. The molecule has 2 aromatic heterocycles. The summed E-state index contributed by atoms with van der Waals surface area (Å²) in [5, 5.41) is 1.01. The predicted molar refractivity (Wildman–Crippen MR) is 62.2 cm³/mol. The molecule has 16 heavy (non-hydrogen) atoms. The second-order valence-electron chi connectivity index (χ2n) is 3.59. The lowest BCUT2D eigenvalue weighted by Crippen LogP contribution is -2.01. The van der Waals surface area contributed by atoms with Crippen molar-refractivity contribution in [1.82, 2.24) is 15.0 Å². The number of pyridine rings is 1. The average Bonchev–Trinajstić information content (AvgIpc) is 2.82. The summed E-state index contributed by atoms with van der Waals surface area (Å²) in [6.45, 7) is 0. The Balaban J connectivity index is 2.24. The monoisotopic (exact) mass is 211 g/mol. The molecule has 0 saturated carbocycles. The largest absolute Gasteiger partial charge is 0.345 e. The second-order valence-corrected chi connectivity index (χ2v) is 3.59. The standard InChI is InChI=1S/C12H9N3O/c16-12-4-2-8-5-9(1-3-10(8)15-12)11-6-13-7-14-11/h1-7H,(H,13,14)(H,15,16). The fourth-order valence-corrected chi connectivity index (χ4v) is 1.74. The van der Waals surface area contributed by atoms with Crippen LogP contribution in [0.1, 0.15) is 0 Å². The molecule has 0 bridgehead atoms. The molecule has 4 nitrogen and oxygen atoms in total. The van der Waals surface area contributed by atoms with Gasteiger partial charge < -0.3 is 9.97 Å². The first-order valence-corrected chi connectivity index (χ1v) is 4.95. The van der Waals surface area contributed by atoms with Crippen molar-refractivity contribution >= 4 is 10.9 Å². The summed E-state index contributed by atoms with van der Waals surface area (Å²) in [6, 6.07) is 9.20. The van der Waals surface area contributed by atoms with Crippen LogP contribution < -0.4 is 5.56 Å². The van der Waals surface area contributed by atoms with Gasteiger partial charge in [-0.25, -0.2) is 4.98 Å². The van der Waals surface area contributed by atoms with Gasteiger partial charge >= 0.3 is 0 Å². The van der Waals surface area contributed by atoms with Gasteiger partial charge in [0.25, 0.3) is 0 Å². The molecule has 0 unspecified atom stereocenters. The molecule has 2 heterocycles. The van der Waals surface area contributed by atoms with Gasteiger partial charge in [-0.05, 0) is 23.6 Å². The fourth-order valence-electron chi connectivity index (χ4n) is 1.74. The van der Waals surface area contributed by atoms with E-state index in [1.807, 2.05) is 24.3 Å². The van der Waals surface area contributed by atoms with Crippen molar-refractivity contribution in [3.8, 4) is 11.3 Å². The van der Waals surface area contributed by atoms with Crippen molar-refractivity contribution < 1.29 is 0 Å². The lowest BCUT2D eigenvalue weighted by atomic mass is 10.1. The first kappa shape index (κ1) is 8.91. The number of nitrogens with one attached hydrogen (secondary N) is 2. The third kappa shape index (κ3) is 1.40. The van der Waals surface area contributed by atoms with Crippen molar-refractivity contribution in [2.75, 3.05) is 0 Å². The Hall–Kier alpha value is -2.36. The highest BCUT2D eigenvalue weighted by Gasteiger charge is 2.00. The molecule has 0 fully saturated rings. The Labute approximate surface area is 91.0 Å². The van der Waals surface area contributed by atoms with E-state index in [-0.39, 0.29) is 5.56 Å². The van der Waals surface area contributed by atoms with Crippen LogP contribution in [0.5, 0.6) is 0 Å². The van der Waals surface area contributed by atoms with E-state index in [2.05, 4.69) is 15.0 Å². The summed E-state index contributed by atoms with van der Waals surface area (Å²) in [5.74, 6) is 0. The molecule has 0 amide bonds. The molecular weight excluding hydrogens is 202 g/mol. The molecule has 3 rings (SSSR count). The number of nitrogens with zero attached hydrogens (tertiary/aromatic N) is 1. The molecule has 0 radical (unpaired) electrons. The molecule has 1 aromatic carbocycles. The van der Waals surface area contributed by atoms with Gasteiger partial charge in [0.05, 0.1) is 18.2 Å². The van der Waals surface area contributed by atoms with Crippen molar-refractivity contribution in [2.24, 2.45) is 0 Å². The highest BCUT2D eigenvalue weighted by molar-refractivity contribution is 5.83. The van der Waals surface area contributed by atoms with E-state index in [9.17, 15) is 4.79 Å². The normalized spacial score (nSPS) is 10.8. The van der Waals surface area contributed by atoms with Crippen LogP contribution in [0.3, 0.4) is 0 Å². The van der Waals surface area contributed by atoms with Gasteiger partial charge in [0.1, 0.15) is 0 Å². The zero-order chi connectivity index (χ0) is 11.0. The summed E-state index contributed by atoms with van der Waals surface area (Å²) in [6.07, 6.45) is 3.42. The molecular formula is C12H9N3O. The van der Waals surface area contributed by atoms with Crippen LogP contribution in [0.2, 0.25) is 0 Å². The topological polar surface area (TPSA) is 61.5 Å². The number of benzene rings is 1. The minimum atomic E-state index is -0.0817. The van der Waals surface area contributed by atoms with Gasteiger partial charge in [-0.2, -0.15) is 0 Å². The van der Waals surface area contributed by atoms with E-state index in [1.54, 1.807) is 12.5 Å². The van der Waals surface area contributed by atoms with E-state index in [1.165, 1.54) is 6.07 Å². The van der Waals surface area contributed by atoms with Crippen molar-refractivity contribution in [3.63, 3.8) is 0 Å². The fraction of sp³-hybridized carbons (Fsp3) is 0. The van der Waals surface area contributed by atoms with Gasteiger partial charge in [0.15, 0.2) is 0 Å². The number of hydrogen-bond acceptors (Lipinski definition) is 2. The summed E-state index contributed by atoms with van der Waals surface area (Å²) in [7, 11) is 0. The van der Waals surface area contributed by atoms with E-state index in [0.717, 1.165) is 22.2 Å². The molecule has 0 spiro atoms. The lowest BCUT2D eigenvalue weighted by Gasteiger charge is -2.00. The van der Waals surface area contributed by atoms with Gasteiger partial charge in [0.2, 0.25) is 5.56 Å². The minimum Gasteiger partial charge on any atom is -0.345 e. The lowest BCUT2D eigenvalue weighted by molar-refractivity contribution is 1.30. The Morgan fingerprint density at radius 3 is 2.88 bits per heavy atom. The quantitative estimate of drug-likeness (QED) is 0.646. The van der Waals surface area contributed by atoms with Crippen LogP contribution >= 0.6 is 0 Å². The molecule has 0 saturated heterocycles. The van der Waals surface area contributed by atoms with Crippen LogP contribution in [-0.4, -0.2) is 15.0 Å². The van der Waals surface area contributed by atoms with Crippen LogP contribution in [0, 0.1) is 0 Å². The van der Waals surface area contributed by atoms with Crippen LogP contribution in [-0.2, 0) is 0 Å². The van der Waals surface area contributed by atoms with E-state index >= 15 is 0 Å². The van der Waals surface area contributed by atoms with Gasteiger partial charge in [-0.15, -0.1) is 0 Å². The Morgan fingerprint density at radius 1 is 1.12 bits per heavy atom. The van der Waals surface area contributed by atoms with E-state index in [0.29, 0.717) is 0 Å². The smallest absolute Gasteiger partial charge is 0.248 e. The third-order valence-corrected chi connectivity index (χ3v) is 2.53. The molecule has 0 aliphatic heterocycles. The number of hydrogen-bond donors (Lipinski definition) is 2. The maximum atomic E-state index is 11.1. The Morgan fingerprint density at radius 2 is 2.06 bits per heavy atom. The molecule has 2 N–H and O–H groups in total. The predicted octanol–water partition coefficient (Wildman–Crippen LogP) is 1.92. The van der Waals surface area contributed by atoms with Crippen LogP contribution in [0.4, 0.5) is 0 Å². The highest BCUT2D eigenvalue weighted by Crippen LogP contribution is 2.20. The summed E-state index contributed by atoms with van der Waals surface area (Å²) in [4.78, 5) is 20.9. The second kappa shape index (κ2) is 3.34. The summed E-state index contributed by atoms with van der Waals surface area (Å²) < 4.78 is 0. The van der Waals surface area contributed by atoms with Crippen molar-refractivity contribution in [1.29, 1.82) is 0 Å². The SMILES string of the molecule is O=c1ccc2cc(-c3cnc[nH]3)ccc2[nH]1. The number of rotatable bonds is 1. The maximum absolute atomic E-state index is 11.1. The van der Waals surface area contributed by atoms with Gasteiger partial charge in [-0.1, -0.05) is 6.07 Å². The Kier molecular flexibility index (Phi) is 1.86. The van der Waals surface area contributed by atoms with E-state index < -0.39 is 0 Å². The molecule has 0 aliphatic carbocycles. The molecule has 3 aromatic rings. The number of imidazole rings is 1. The average molecular weight is 211 g/mol. The molecule has 0 aliphatic rings. The summed E-state index contributed by atoms with van der Waals surface area (Å²) >= 11 is 0. The number of H-pyrrole nitrogens is 2. The first-order valence-electron chi connectivity index (χ1n) is 4.95. The van der Waals surface area contributed by atoms with Crippen molar-refractivity contribution in [3.05, 3.63) is 53.2 Å². The Bertz CT molecular complexity index is 683. The zero-order valence-electron chi connectivity index (χ0n) is 8.40. The zero-order valence-corrected chi connectivity index (χ0v) is 8.40. The maximum Gasteiger partial charge on any atom is 0.248 e.